The summed E-state index contributed by atoms with van der Waals surface area (Å²) < 4.78 is 45.9. The van der Waals surface area contributed by atoms with E-state index in [4.69, 9.17) is 26.6 Å². The van der Waals surface area contributed by atoms with Gasteiger partial charge in [-0.25, -0.2) is 9.59 Å². The second-order valence-electron chi connectivity index (χ2n) is 4.89. The molecule has 2 rings (SSSR count). The molecule has 0 fully saturated rings. The maximum Gasteiger partial charge on any atom is 0.573 e. The van der Waals surface area contributed by atoms with Crippen molar-refractivity contribution in [2.45, 2.75) is 13.0 Å². The zero-order chi connectivity index (χ0) is 19.5. The summed E-state index contributed by atoms with van der Waals surface area (Å²) in [6.45, 7) is -0.323. The van der Waals surface area contributed by atoms with Crippen LogP contribution in [0.15, 0.2) is 36.4 Å². The highest BCUT2D eigenvalue weighted by Gasteiger charge is 2.33. The number of ether oxygens (including phenoxy) is 2. The number of hydrogen-bond acceptors (Lipinski definition) is 4. The topological polar surface area (TPSA) is 93.1 Å². The van der Waals surface area contributed by atoms with E-state index >= 15 is 0 Å². The van der Waals surface area contributed by atoms with Crippen molar-refractivity contribution in [3.05, 3.63) is 58.1 Å². The van der Waals surface area contributed by atoms with E-state index in [1.807, 2.05) is 0 Å². The third-order valence-electron chi connectivity index (χ3n) is 3.08. The van der Waals surface area contributed by atoms with Gasteiger partial charge in [-0.3, -0.25) is 0 Å². The smallest absolute Gasteiger partial charge is 0.486 e. The van der Waals surface area contributed by atoms with Gasteiger partial charge >= 0.3 is 18.3 Å². The molecule has 6 nitrogen and oxygen atoms in total. The van der Waals surface area contributed by atoms with Gasteiger partial charge in [0, 0.05) is 0 Å². The predicted molar refractivity (Wildman–Crippen MR) is 82.8 cm³/mol. The van der Waals surface area contributed by atoms with Gasteiger partial charge in [-0.1, -0.05) is 23.7 Å². The van der Waals surface area contributed by atoms with Gasteiger partial charge in [-0.2, -0.15) is 0 Å². The quantitative estimate of drug-likeness (QED) is 0.767. The zero-order valence-electron chi connectivity index (χ0n) is 12.7. The van der Waals surface area contributed by atoms with E-state index in [0.717, 1.165) is 18.2 Å². The summed E-state index contributed by atoms with van der Waals surface area (Å²) in [6, 6.07) is 6.98. The lowest BCUT2D eigenvalue weighted by Crippen LogP contribution is -2.19. The lowest BCUT2D eigenvalue weighted by molar-refractivity contribution is -0.274. The molecule has 0 radical (unpaired) electrons. The molecule has 0 saturated carbocycles. The summed E-state index contributed by atoms with van der Waals surface area (Å²) in [5.74, 6) is -3.94. The van der Waals surface area contributed by atoms with Crippen LogP contribution in [0.5, 0.6) is 11.5 Å². The summed E-state index contributed by atoms with van der Waals surface area (Å²) in [7, 11) is 0. The van der Waals surface area contributed by atoms with Crippen LogP contribution < -0.4 is 9.47 Å². The maximum atomic E-state index is 12.3. The van der Waals surface area contributed by atoms with Crippen molar-refractivity contribution < 1.29 is 42.4 Å². The fourth-order valence-corrected chi connectivity index (χ4v) is 2.26. The predicted octanol–water partition coefficient (Wildman–Crippen LogP) is 4.21. The van der Waals surface area contributed by atoms with Crippen LogP contribution in [0.4, 0.5) is 13.2 Å². The molecule has 0 amide bonds. The summed E-state index contributed by atoms with van der Waals surface area (Å²) >= 11 is 5.89. The normalized spacial score (nSPS) is 11.1. The second-order valence-corrected chi connectivity index (χ2v) is 5.30. The first kappa shape index (κ1) is 19.4. The monoisotopic (exact) mass is 390 g/mol. The maximum absolute atomic E-state index is 12.3. The standard InChI is InChI=1S/C16H10ClF3O6/c17-11-3-1-2-9(14(21)22)13(11)25-7-8-4-5-12(26-16(18,19)20)10(6-8)15(23)24/h1-6H,7H2,(H,21,22)(H,23,24). The molecule has 0 spiro atoms. The number of alkyl halides is 3. The Bertz CT molecular complexity index is 850. The summed E-state index contributed by atoms with van der Waals surface area (Å²) in [5, 5.41) is 18.2. The largest absolute Gasteiger partial charge is 0.573 e. The summed E-state index contributed by atoms with van der Waals surface area (Å²) in [5.41, 5.74) is -0.762. The Kier molecular flexibility index (Phi) is 5.61. The highest BCUT2D eigenvalue weighted by atomic mass is 35.5. The third kappa shape index (κ3) is 4.79. The number of halogens is 4. The van der Waals surface area contributed by atoms with Crippen molar-refractivity contribution >= 4 is 23.5 Å². The molecule has 0 unspecified atom stereocenters. The first-order valence-corrected chi connectivity index (χ1v) is 7.23. The molecule has 0 heterocycles. The number of para-hydroxylation sites is 1. The van der Waals surface area contributed by atoms with Gasteiger partial charge in [0.25, 0.3) is 0 Å². The summed E-state index contributed by atoms with van der Waals surface area (Å²) in [6.07, 6.45) is -5.05. The third-order valence-corrected chi connectivity index (χ3v) is 3.38. The average Bonchev–Trinajstić information content (AvgIpc) is 2.52. The van der Waals surface area contributed by atoms with Gasteiger partial charge in [-0.15, -0.1) is 13.2 Å². The Morgan fingerprint density at radius 3 is 2.27 bits per heavy atom. The van der Waals surface area contributed by atoms with Crippen LogP contribution in [0.3, 0.4) is 0 Å². The minimum Gasteiger partial charge on any atom is -0.486 e. The Labute approximate surface area is 149 Å². The molecule has 138 valence electrons. The van der Waals surface area contributed by atoms with Crippen molar-refractivity contribution in [1.29, 1.82) is 0 Å². The molecule has 0 aliphatic carbocycles. The SMILES string of the molecule is O=C(O)c1cc(COc2c(Cl)cccc2C(=O)O)ccc1OC(F)(F)F. The molecule has 10 heteroatoms. The van der Waals surface area contributed by atoms with Crippen LogP contribution in [-0.2, 0) is 6.61 Å². The van der Waals surface area contributed by atoms with Crippen molar-refractivity contribution in [3.8, 4) is 11.5 Å². The van der Waals surface area contributed by atoms with Gasteiger partial charge < -0.3 is 19.7 Å². The molecule has 0 saturated heterocycles. The Morgan fingerprint density at radius 1 is 1.04 bits per heavy atom. The number of hydrogen-bond donors (Lipinski definition) is 2. The molecule has 26 heavy (non-hydrogen) atoms. The van der Waals surface area contributed by atoms with Crippen molar-refractivity contribution in [3.63, 3.8) is 0 Å². The molecule has 2 aromatic rings. The van der Waals surface area contributed by atoms with Crippen LogP contribution in [0.25, 0.3) is 0 Å². The molecule has 0 atom stereocenters. The number of benzene rings is 2. The molecule has 0 aliphatic heterocycles. The molecule has 0 bridgehead atoms. The minimum absolute atomic E-state index is 0.0142. The fourth-order valence-electron chi connectivity index (χ4n) is 2.03. The second kappa shape index (κ2) is 7.52. The van der Waals surface area contributed by atoms with Crippen LogP contribution in [0.1, 0.15) is 26.3 Å². The first-order chi connectivity index (χ1) is 12.1. The number of rotatable bonds is 6. The highest BCUT2D eigenvalue weighted by molar-refractivity contribution is 6.32. The Hall–Kier alpha value is -2.94. The Balaban J connectivity index is 2.28. The van der Waals surface area contributed by atoms with E-state index in [-0.39, 0.29) is 28.5 Å². The van der Waals surface area contributed by atoms with E-state index in [1.165, 1.54) is 18.2 Å². The molecular weight excluding hydrogens is 381 g/mol. The van der Waals surface area contributed by atoms with Crippen LogP contribution in [-0.4, -0.2) is 28.5 Å². The van der Waals surface area contributed by atoms with Gasteiger partial charge in [0.15, 0.2) is 5.75 Å². The van der Waals surface area contributed by atoms with Crippen LogP contribution >= 0.6 is 11.6 Å². The van der Waals surface area contributed by atoms with E-state index in [9.17, 15) is 22.8 Å². The molecular formula is C16H10ClF3O6. The number of carboxylic acids is 2. The van der Waals surface area contributed by atoms with Crippen molar-refractivity contribution in [1.82, 2.24) is 0 Å². The van der Waals surface area contributed by atoms with E-state index in [1.54, 1.807) is 0 Å². The highest BCUT2D eigenvalue weighted by Crippen LogP contribution is 2.31. The first-order valence-electron chi connectivity index (χ1n) is 6.85. The van der Waals surface area contributed by atoms with E-state index in [2.05, 4.69) is 4.74 Å². The fraction of sp³-hybridized carbons (Fsp3) is 0.125. The average molecular weight is 391 g/mol. The van der Waals surface area contributed by atoms with E-state index < -0.39 is 29.6 Å². The van der Waals surface area contributed by atoms with Crippen molar-refractivity contribution in [2.24, 2.45) is 0 Å². The zero-order valence-corrected chi connectivity index (χ0v) is 13.5. The summed E-state index contributed by atoms with van der Waals surface area (Å²) in [4.78, 5) is 22.3. The number of aromatic carboxylic acids is 2. The van der Waals surface area contributed by atoms with Crippen LogP contribution in [0, 0.1) is 0 Å². The lowest BCUT2D eigenvalue weighted by atomic mass is 10.1. The van der Waals surface area contributed by atoms with Gasteiger partial charge in [0.1, 0.15) is 23.5 Å². The number of carboxylic acid groups (broad SMARTS) is 2. The molecule has 2 N–H and O–H groups in total. The molecule has 2 aromatic carbocycles. The van der Waals surface area contributed by atoms with Crippen molar-refractivity contribution in [2.75, 3.05) is 0 Å². The van der Waals surface area contributed by atoms with Gasteiger partial charge in [0.05, 0.1) is 5.02 Å². The molecule has 0 aliphatic rings. The van der Waals surface area contributed by atoms with Gasteiger partial charge in [0.2, 0.25) is 0 Å². The Morgan fingerprint density at radius 2 is 1.69 bits per heavy atom. The number of carbonyl (C=O) groups is 2. The van der Waals surface area contributed by atoms with E-state index in [0.29, 0.717) is 0 Å². The minimum atomic E-state index is -5.05. The lowest BCUT2D eigenvalue weighted by Gasteiger charge is -2.14. The van der Waals surface area contributed by atoms with Gasteiger partial charge in [-0.05, 0) is 29.8 Å². The van der Waals surface area contributed by atoms with Crippen LogP contribution in [0.2, 0.25) is 5.02 Å². The molecule has 0 aromatic heterocycles.